The molecule has 0 saturated carbocycles. The molecule has 4 aromatic rings. The Bertz CT molecular complexity index is 1460. The van der Waals surface area contributed by atoms with Gasteiger partial charge in [0.15, 0.2) is 0 Å². The third-order valence-electron chi connectivity index (χ3n) is 7.44. The molecule has 1 amide bonds. The van der Waals surface area contributed by atoms with E-state index in [2.05, 4.69) is 41.0 Å². The van der Waals surface area contributed by atoms with Crippen LogP contribution in [0.15, 0.2) is 66.9 Å². The van der Waals surface area contributed by atoms with Crippen molar-refractivity contribution in [3.05, 3.63) is 83.7 Å². The number of ether oxygens (including phenoxy) is 1. The number of pyridine rings is 3. The fourth-order valence-electron chi connectivity index (χ4n) is 5.26. The highest BCUT2D eigenvalue weighted by atomic mass is 16.5. The van der Waals surface area contributed by atoms with Crippen LogP contribution in [-0.4, -0.2) is 71.2 Å². The molecule has 2 fully saturated rings. The van der Waals surface area contributed by atoms with E-state index in [9.17, 15) is 4.79 Å². The van der Waals surface area contributed by atoms with Crippen LogP contribution in [0.25, 0.3) is 22.3 Å². The molecule has 2 aliphatic heterocycles. The number of fused-ring (bicyclic) bond motifs is 1. The first-order valence-corrected chi connectivity index (χ1v) is 14.5. The number of aromatic nitrogens is 3. The van der Waals surface area contributed by atoms with Crippen LogP contribution < -0.4 is 10.2 Å². The lowest BCUT2D eigenvalue weighted by Gasteiger charge is -2.36. The van der Waals surface area contributed by atoms with E-state index in [-0.39, 0.29) is 18.1 Å². The van der Waals surface area contributed by atoms with Crippen molar-refractivity contribution in [3.63, 3.8) is 0 Å². The summed E-state index contributed by atoms with van der Waals surface area (Å²) in [4.78, 5) is 31.3. The van der Waals surface area contributed by atoms with Gasteiger partial charge in [0.05, 0.1) is 41.4 Å². The van der Waals surface area contributed by atoms with Crippen molar-refractivity contribution in [1.29, 1.82) is 0 Å². The zero-order valence-corrected chi connectivity index (χ0v) is 24.5. The Hall–Kier alpha value is -3.88. The zero-order chi connectivity index (χ0) is 28.8. The van der Waals surface area contributed by atoms with Gasteiger partial charge < -0.3 is 19.9 Å². The number of benzene rings is 1. The molecule has 0 aliphatic carbocycles. The van der Waals surface area contributed by atoms with E-state index in [4.69, 9.17) is 14.7 Å². The summed E-state index contributed by atoms with van der Waals surface area (Å²) in [6.45, 7) is 10.8. The van der Waals surface area contributed by atoms with E-state index >= 15 is 0 Å². The summed E-state index contributed by atoms with van der Waals surface area (Å²) in [6, 6.07) is 19.4. The van der Waals surface area contributed by atoms with Gasteiger partial charge in [0.2, 0.25) is 0 Å². The largest absolute Gasteiger partial charge is 0.372 e. The Labute approximate surface area is 242 Å². The average molecular weight is 553 g/mol. The molecule has 41 heavy (non-hydrogen) atoms. The SMILES string of the molecule is CN1CCCC1.Cc1ccc(C(=O)NCc2cc3nc(-c4cccc(N5CC(C)OC(C)C5)n4)ccc3cn2)cc1. The van der Waals surface area contributed by atoms with Crippen LogP contribution >= 0.6 is 0 Å². The Balaban J connectivity index is 0.000000500. The lowest BCUT2D eigenvalue weighted by Crippen LogP contribution is -2.45. The molecule has 6 rings (SSSR count). The van der Waals surface area contributed by atoms with Crippen molar-refractivity contribution in [1.82, 2.24) is 25.2 Å². The summed E-state index contributed by atoms with van der Waals surface area (Å²) >= 11 is 0. The van der Waals surface area contributed by atoms with Crippen molar-refractivity contribution < 1.29 is 9.53 Å². The molecule has 0 spiro atoms. The molecule has 2 unspecified atom stereocenters. The first-order valence-electron chi connectivity index (χ1n) is 14.5. The van der Waals surface area contributed by atoms with E-state index in [1.807, 2.05) is 67.6 Å². The summed E-state index contributed by atoms with van der Waals surface area (Å²) in [7, 11) is 2.17. The molecule has 5 heterocycles. The number of rotatable bonds is 5. The quantitative estimate of drug-likeness (QED) is 0.362. The Kier molecular flexibility index (Phi) is 9.21. The summed E-state index contributed by atoms with van der Waals surface area (Å²) in [6.07, 6.45) is 4.95. The standard InChI is InChI=1S/C28H29N5O2.C5H11N/c1-18-7-9-21(10-8-18)28(34)30-15-23-13-26-22(14-29-23)11-12-25(31-26)24-5-4-6-27(32-24)33-16-19(2)35-20(3)17-33;1-6-4-2-3-5-6/h4-14,19-20H,15-17H2,1-3H3,(H,30,34);2-5H2,1H3. The van der Waals surface area contributed by atoms with Crippen LogP contribution in [0, 0.1) is 6.92 Å². The van der Waals surface area contributed by atoms with Crippen LogP contribution in [0.2, 0.25) is 0 Å². The zero-order valence-electron chi connectivity index (χ0n) is 24.5. The van der Waals surface area contributed by atoms with Gasteiger partial charge in [-0.3, -0.25) is 9.78 Å². The molecule has 0 radical (unpaired) electrons. The molecule has 1 N–H and O–H groups in total. The lowest BCUT2D eigenvalue weighted by molar-refractivity contribution is -0.00545. The van der Waals surface area contributed by atoms with Crippen molar-refractivity contribution >= 4 is 22.6 Å². The smallest absolute Gasteiger partial charge is 0.251 e. The van der Waals surface area contributed by atoms with E-state index in [1.165, 1.54) is 25.9 Å². The van der Waals surface area contributed by atoms with Crippen molar-refractivity contribution in [2.45, 2.75) is 52.4 Å². The molecule has 2 saturated heterocycles. The summed E-state index contributed by atoms with van der Waals surface area (Å²) < 4.78 is 5.86. The minimum absolute atomic E-state index is 0.124. The lowest BCUT2D eigenvalue weighted by atomic mass is 10.1. The number of hydrogen-bond donors (Lipinski definition) is 1. The number of amides is 1. The first-order chi connectivity index (χ1) is 19.8. The number of likely N-dealkylation sites (tertiary alicyclic amines) is 1. The Morgan fingerprint density at radius 3 is 2.34 bits per heavy atom. The second-order valence-electron chi connectivity index (χ2n) is 11.2. The van der Waals surface area contributed by atoms with Gasteiger partial charge in [-0.2, -0.15) is 0 Å². The third-order valence-corrected chi connectivity index (χ3v) is 7.44. The van der Waals surface area contributed by atoms with Gasteiger partial charge in [-0.1, -0.05) is 23.8 Å². The minimum Gasteiger partial charge on any atom is -0.372 e. The van der Waals surface area contributed by atoms with Gasteiger partial charge in [-0.05, 0) is 96.2 Å². The van der Waals surface area contributed by atoms with Crippen LogP contribution in [0.4, 0.5) is 5.82 Å². The molecule has 1 aromatic carbocycles. The highest BCUT2D eigenvalue weighted by Crippen LogP contribution is 2.24. The number of carbonyl (C=O) groups is 1. The third kappa shape index (κ3) is 7.65. The second-order valence-corrected chi connectivity index (χ2v) is 11.2. The number of aryl methyl sites for hydroxylation is 1. The molecule has 214 valence electrons. The normalized spacial score (nSPS) is 19.1. The van der Waals surface area contributed by atoms with Crippen LogP contribution in [0.1, 0.15) is 48.3 Å². The van der Waals surface area contributed by atoms with Gasteiger partial charge in [0, 0.05) is 30.2 Å². The van der Waals surface area contributed by atoms with Gasteiger partial charge >= 0.3 is 0 Å². The van der Waals surface area contributed by atoms with Crippen molar-refractivity contribution in [2.24, 2.45) is 0 Å². The monoisotopic (exact) mass is 552 g/mol. The molecule has 8 heteroatoms. The summed E-state index contributed by atoms with van der Waals surface area (Å²) in [5, 5.41) is 3.88. The maximum Gasteiger partial charge on any atom is 0.251 e. The highest BCUT2D eigenvalue weighted by molar-refractivity contribution is 5.94. The number of nitrogens with zero attached hydrogens (tertiary/aromatic N) is 5. The van der Waals surface area contributed by atoms with Gasteiger partial charge in [0.1, 0.15) is 5.82 Å². The van der Waals surface area contributed by atoms with E-state index in [1.54, 1.807) is 6.20 Å². The van der Waals surface area contributed by atoms with E-state index < -0.39 is 0 Å². The van der Waals surface area contributed by atoms with Gasteiger partial charge in [0.25, 0.3) is 5.91 Å². The van der Waals surface area contributed by atoms with Crippen LogP contribution in [0.5, 0.6) is 0 Å². The molecular formula is C33H40N6O2. The summed E-state index contributed by atoms with van der Waals surface area (Å²) in [5.41, 5.74) is 4.94. The van der Waals surface area contributed by atoms with Gasteiger partial charge in [-0.15, -0.1) is 0 Å². The number of hydrogen-bond acceptors (Lipinski definition) is 7. The predicted octanol–water partition coefficient (Wildman–Crippen LogP) is 5.26. The molecule has 0 bridgehead atoms. The molecular weight excluding hydrogens is 512 g/mol. The second kappa shape index (κ2) is 13.2. The number of nitrogens with one attached hydrogen (secondary N) is 1. The molecule has 2 aliphatic rings. The van der Waals surface area contributed by atoms with Gasteiger partial charge in [-0.25, -0.2) is 9.97 Å². The molecule has 8 nitrogen and oxygen atoms in total. The first kappa shape index (κ1) is 28.6. The number of anilines is 1. The average Bonchev–Trinajstić information content (AvgIpc) is 3.46. The topological polar surface area (TPSA) is 83.5 Å². The molecule has 2 atom stereocenters. The summed E-state index contributed by atoms with van der Waals surface area (Å²) in [5.74, 6) is 0.807. The van der Waals surface area contributed by atoms with Crippen molar-refractivity contribution in [3.8, 4) is 11.4 Å². The van der Waals surface area contributed by atoms with Crippen molar-refractivity contribution in [2.75, 3.05) is 38.1 Å². The fourth-order valence-corrected chi connectivity index (χ4v) is 5.26. The maximum absolute atomic E-state index is 12.5. The van der Waals surface area contributed by atoms with E-state index in [0.717, 1.165) is 52.5 Å². The fraction of sp³-hybridized carbons (Fsp3) is 0.394. The Morgan fingerprint density at radius 1 is 0.951 bits per heavy atom. The predicted molar refractivity (Wildman–Crippen MR) is 164 cm³/mol. The van der Waals surface area contributed by atoms with E-state index in [0.29, 0.717) is 12.1 Å². The molecule has 3 aromatic heterocycles. The minimum atomic E-state index is -0.124. The number of carbonyl (C=O) groups excluding carboxylic acids is 1. The maximum atomic E-state index is 12.5. The highest BCUT2D eigenvalue weighted by Gasteiger charge is 2.23. The van der Waals surface area contributed by atoms with Crippen LogP contribution in [0.3, 0.4) is 0 Å². The number of morpholine rings is 1. The van der Waals surface area contributed by atoms with Crippen LogP contribution in [-0.2, 0) is 11.3 Å². The Morgan fingerprint density at radius 2 is 1.66 bits per heavy atom.